The van der Waals surface area contributed by atoms with Gasteiger partial charge < -0.3 is 9.30 Å². The maximum Gasteiger partial charge on any atom is 0.338 e. The molecule has 0 aliphatic carbocycles. The minimum Gasteiger partial charge on any atom is -0.462 e. The van der Waals surface area contributed by atoms with Gasteiger partial charge in [0.1, 0.15) is 0 Å². The summed E-state index contributed by atoms with van der Waals surface area (Å²) in [6, 6.07) is 37.3. The van der Waals surface area contributed by atoms with E-state index in [9.17, 15) is 4.79 Å². The molecular weight excluding hydrogens is 546 g/mol. The van der Waals surface area contributed by atoms with Crippen LogP contribution in [0, 0.1) is 13.8 Å². The molecule has 1 aromatic heterocycles. The summed E-state index contributed by atoms with van der Waals surface area (Å²) in [6.45, 7) is 8.52. The van der Waals surface area contributed by atoms with E-state index in [4.69, 9.17) is 4.74 Å². The lowest BCUT2D eigenvalue weighted by molar-refractivity contribution is 0.0526. The van der Waals surface area contributed by atoms with E-state index < -0.39 is 0 Å². The molecule has 39 heavy (non-hydrogen) atoms. The van der Waals surface area contributed by atoms with Crippen LogP contribution in [-0.2, 0) is 11.2 Å². The minimum absolute atomic E-state index is 0.297. The van der Waals surface area contributed by atoms with Crippen molar-refractivity contribution in [2.45, 2.75) is 34.1 Å². The first-order valence-electron chi connectivity index (χ1n) is 13.3. The van der Waals surface area contributed by atoms with Gasteiger partial charge in [-0.25, -0.2) is 4.79 Å². The van der Waals surface area contributed by atoms with Crippen molar-refractivity contribution in [2.24, 2.45) is 0 Å². The average molecular weight is 581 g/mol. The Morgan fingerprint density at radius 2 is 1.49 bits per heavy atom. The quantitative estimate of drug-likeness (QED) is 0.187. The van der Waals surface area contributed by atoms with Crippen LogP contribution in [-0.4, -0.2) is 17.1 Å². The van der Waals surface area contributed by atoms with E-state index in [1.807, 2.05) is 37.3 Å². The van der Waals surface area contributed by atoms with Gasteiger partial charge in [0.25, 0.3) is 0 Å². The monoisotopic (exact) mass is 579 g/mol. The van der Waals surface area contributed by atoms with Crippen molar-refractivity contribution in [3.8, 4) is 28.1 Å². The largest absolute Gasteiger partial charge is 0.462 e. The Morgan fingerprint density at radius 3 is 2.18 bits per heavy atom. The molecular formula is C35H34BrNO2. The van der Waals surface area contributed by atoms with Crippen LogP contribution in [0.3, 0.4) is 0 Å². The zero-order valence-electron chi connectivity index (χ0n) is 22.9. The molecule has 1 heterocycles. The molecule has 0 N–H and O–H groups in total. The van der Waals surface area contributed by atoms with E-state index in [1.54, 1.807) is 6.07 Å². The molecule has 0 bridgehead atoms. The third kappa shape index (κ3) is 6.96. The first-order valence-corrected chi connectivity index (χ1v) is 14.1. The third-order valence-electron chi connectivity index (χ3n) is 6.64. The first kappa shape index (κ1) is 28.1. The van der Waals surface area contributed by atoms with Crippen LogP contribution < -0.4 is 0 Å². The topological polar surface area (TPSA) is 31.2 Å². The zero-order chi connectivity index (χ0) is 27.8. The molecule has 198 valence electrons. The highest BCUT2D eigenvalue weighted by Crippen LogP contribution is 2.31. The second kappa shape index (κ2) is 13.3. The Labute approximate surface area is 240 Å². The Hall–Kier alpha value is -3.89. The van der Waals surface area contributed by atoms with Gasteiger partial charge in [0, 0.05) is 21.4 Å². The Kier molecular flexibility index (Phi) is 9.56. The first-order chi connectivity index (χ1) is 18.9. The molecule has 0 atom stereocenters. The number of benzene rings is 4. The number of carbonyl (C=O) groups excluding carboxylic acids is 1. The van der Waals surface area contributed by atoms with Gasteiger partial charge >= 0.3 is 5.97 Å². The van der Waals surface area contributed by atoms with Gasteiger partial charge in [-0.1, -0.05) is 89.6 Å². The molecule has 4 aromatic carbocycles. The lowest BCUT2D eigenvalue weighted by Gasteiger charge is -2.15. The molecule has 3 nitrogen and oxygen atoms in total. The van der Waals surface area contributed by atoms with Gasteiger partial charge in [-0.3, -0.25) is 0 Å². The number of hydrogen-bond acceptors (Lipinski definition) is 2. The Bertz CT molecular complexity index is 1540. The maximum atomic E-state index is 12.1. The van der Waals surface area contributed by atoms with Crippen LogP contribution in [0.1, 0.15) is 41.0 Å². The summed E-state index contributed by atoms with van der Waals surface area (Å²) in [4.78, 5) is 12.1. The molecule has 0 saturated carbocycles. The predicted molar refractivity (Wildman–Crippen MR) is 166 cm³/mol. The lowest BCUT2D eigenvalue weighted by Crippen LogP contribution is -2.06. The van der Waals surface area contributed by atoms with Crippen LogP contribution in [0.25, 0.3) is 28.1 Å². The van der Waals surface area contributed by atoms with E-state index in [1.165, 1.54) is 22.3 Å². The summed E-state index contributed by atoms with van der Waals surface area (Å²) in [5, 5.41) is 0. The Morgan fingerprint density at radius 1 is 0.769 bits per heavy atom. The number of carbonyl (C=O) groups is 1. The molecule has 0 spiro atoms. The molecule has 0 amide bonds. The summed E-state index contributed by atoms with van der Waals surface area (Å²) in [5.74, 6) is -0.297. The number of ether oxygens (including phenoxy) is 1. The van der Waals surface area contributed by atoms with E-state index in [2.05, 4.69) is 114 Å². The molecule has 0 radical (unpaired) electrons. The van der Waals surface area contributed by atoms with Gasteiger partial charge in [-0.15, -0.1) is 0 Å². The number of halogens is 1. The number of nitrogens with zero attached hydrogens (tertiary/aromatic N) is 1. The highest BCUT2D eigenvalue weighted by molar-refractivity contribution is 9.10. The van der Waals surface area contributed by atoms with Gasteiger partial charge in [-0.2, -0.15) is 0 Å². The summed E-state index contributed by atoms with van der Waals surface area (Å²) < 4.78 is 8.33. The molecule has 0 aliphatic rings. The van der Waals surface area contributed by atoms with Crippen LogP contribution in [0.2, 0.25) is 0 Å². The standard InChI is InChI=1S/C21H20BrNO2.C14H14/c1-4-25-21(24)16-6-5-7-18(12-16)23-15(3)9-11-20(23)19-13-17(22)10-8-14(19)2;1-2-12-8-10-14(11-9-12)13-6-4-3-5-7-13/h5-13H,4H2,1-3H3;3-11H,2H2,1H3. The zero-order valence-corrected chi connectivity index (χ0v) is 24.5. The molecule has 0 fully saturated rings. The second-order valence-corrected chi connectivity index (χ2v) is 10.3. The van der Waals surface area contributed by atoms with Gasteiger partial charge in [0.15, 0.2) is 0 Å². The van der Waals surface area contributed by atoms with Crippen LogP contribution in [0.15, 0.2) is 114 Å². The third-order valence-corrected chi connectivity index (χ3v) is 7.13. The fourth-order valence-corrected chi connectivity index (χ4v) is 4.87. The number of aryl methyl sites for hydroxylation is 3. The second-order valence-electron chi connectivity index (χ2n) is 9.34. The van der Waals surface area contributed by atoms with Crippen LogP contribution in [0.5, 0.6) is 0 Å². The van der Waals surface area contributed by atoms with Crippen molar-refractivity contribution in [3.05, 3.63) is 136 Å². The lowest BCUT2D eigenvalue weighted by atomic mass is 10.0. The number of esters is 1. The summed E-state index contributed by atoms with van der Waals surface area (Å²) >= 11 is 3.56. The van der Waals surface area contributed by atoms with Gasteiger partial charge in [0.2, 0.25) is 0 Å². The maximum absolute atomic E-state index is 12.1. The summed E-state index contributed by atoms with van der Waals surface area (Å²) in [5.41, 5.74) is 10.0. The molecule has 4 heteroatoms. The number of aromatic nitrogens is 1. The number of hydrogen-bond donors (Lipinski definition) is 0. The summed E-state index contributed by atoms with van der Waals surface area (Å²) in [7, 11) is 0. The molecule has 5 rings (SSSR count). The van der Waals surface area contributed by atoms with E-state index in [0.29, 0.717) is 12.2 Å². The number of rotatable bonds is 6. The highest BCUT2D eigenvalue weighted by atomic mass is 79.9. The van der Waals surface area contributed by atoms with Crippen molar-refractivity contribution in [3.63, 3.8) is 0 Å². The Balaban J connectivity index is 0.000000212. The molecule has 0 saturated heterocycles. The normalized spacial score (nSPS) is 10.5. The smallest absolute Gasteiger partial charge is 0.338 e. The minimum atomic E-state index is -0.297. The van der Waals surface area contributed by atoms with Crippen molar-refractivity contribution < 1.29 is 9.53 Å². The fraction of sp³-hybridized carbons (Fsp3) is 0.171. The SMILES string of the molecule is CCOC(=O)c1cccc(-n2c(C)ccc2-c2cc(Br)ccc2C)c1.CCc1ccc(-c2ccccc2)cc1. The van der Waals surface area contributed by atoms with Crippen molar-refractivity contribution >= 4 is 21.9 Å². The van der Waals surface area contributed by atoms with Crippen LogP contribution in [0.4, 0.5) is 0 Å². The van der Waals surface area contributed by atoms with E-state index in [-0.39, 0.29) is 5.97 Å². The summed E-state index contributed by atoms with van der Waals surface area (Å²) in [6.07, 6.45) is 1.11. The van der Waals surface area contributed by atoms with Gasteiger partial charge in [0.05, 0.1) is 17.9 Å². The molecule has 5 aromatic rings. The van der Waals surface area contributed by atoms with Crippen LogP contribution >= 0.6 is 15.9 Å². The molecule has 0 unspecified atom stereocenters. The van der Waals surface area contributed by atoms with Crippen molar-refractivity contribution in [1.82, 2.24) is 4.57 Å². The average Bonchev–Trinajstić information content (AvgIpc) is 3.36. The highest BCUT2D eigenvalue weighted by Gasteiger charge is 2.14. The van der Waals surface area contributed by atoms with E-state index >= 15 is 0 Å². The molecule has 0 aliphatic heterocycles. The predicted octanol–water partition coefficient (Wildman–Crippen LogP) is 9.62. The van der Waals surface area contributed by atoms with Gasteiger partial charge in [-0.05, 0) is 91.9 Å². The van der Waals surface area contributed by atoms with E-state index in [0.717, 1.165) is 33.5 Å². The van der Waals surface area contributed by atoms with Crippen molar-refractivity contribution in [1.29, 1.82) is 0 Å². The fourth-order valence-electron chi connectivity index (χ4n) is 4.51. The van der Waals surface area contributed by atoms with Crippen molar-refractivity contribution in [2.75, 3.05) is 6.61 Å².